The Labute approximate surface area is 171 Å². The number of rotatable bonds is 5. The molecule has 4 rings (SSSR count). The average Bonchev–Trinajstić information content (AvgIpc) is 2.76. The number of aliphatic hydroxyl groups is 1. The fraction of sp³-hybridized carbons (Fsp3) is 0.636. The van der Waals surface area contributed by atoms with Crippen LogP contribution in [0.15, 0.2) is 12.1 Å². The SMILES string of the molecule is Cc1c(CCN2CCCC(CO)C2)ccc2c1OC(N1CCOCC1)C(=O)C2=O. The van der Waals surface area contributed by atoms with Gasteiger partial charge in [-0.25, -0.2) is 0 Å². The van der Waals surface area contributed by atoms with Crippen LogP contribution >= 0.6 is 0 Å². The number of hydrogen-bond donors (Lipinski definition) is 1. The number of carbonyl (C=O) groups excluding carboxylic acids is 2. The molecule has 7 heteroatoms. The Balaban J connectivity index is 1.50. The lowest BCUT2D eigenvalue weighted by Crippen LogP contribution is -2.54. The highest BCUT2D eigenvalue weighted by Gasteiger charge is 2.40. The van der Waals surface area contributed by atoms with Crippen molar-refractivity contribution in [2.24, 2.45) is 5.92 Å². The molecule has 3 aliphatic heterocycles. The van der Waals surface area contributed by atoms with Crippen molar-refractivity contribution in [3.63, 3.8) is 0 Å². The number of ether oxygens (including phenoxy) is 2. The fourth-order valence-electron chi connectivity index (χ4n) is 4.58. The predicted octanol–water partition coefficient (Wildman–Crippen LogP) is 1.04. The molecule has 7 nitrogen and oxygen atoms in total. The second-order valence-electron chi connectivity index (χ2n) is 8.28. The van der Waals surface area contributed by atoms with Gasteiger partial charge in [-0.2, -0.15) is 0 Å². The lowest BCUT2D eigenvalue weighted by atomic mass is 9.94. The molecule has 1 aromatic carbocycles. The summed E-state index contributed by atoms with van der Waals surface area (Å²) in [5.41, 5.74) is 2.45. The Morgan fingerprint density at radius 2 is 1.97 bits per heavy atom. The Morgan fingerprint density at radius 1 is 1.17 bits per heavy atom. The number of morpholine rings is 1. The highest BCUT2D eigenvalue weighted by Crippen LogP contribution is 2.33. The van der Waals surface area contributed by atoms with E-state index in [1.54, 1.807) is 6.07 Å². The van der Waals surface area contributed by atoms with Crippen molar-refractivity contribution in [3.05, 3.63) is 28.8 Å². The molecule has 2 saturated heterocycles. The molecule has 0 saturated carbocycles. The highest BCUT2D eigenvalue weighted by atomic mass is 16.5. The number of carbonyl (C=O) groups is 2. The molecule has 3 aliphatic rings. The number of hydrogen-bond acceptors (Lipinski definition) is 7. The van der Waals surface area contributed by atoms with Gasteiger partial charge >= 0.3 is 0 Å². The van der Waals surface area contributed by atoms with Crippen molar-refractivity contribution in [1.82, 2.24) is 9.80 Å². The van der Waals surface area contributed by atoms with Gasteiger partial charge < -0.3 is 19.5 Å². The minimum absolute atomic E-state index is 0.251. The first-order valence-corrected chi connectivity index (χ1v) is 10.6. The first-order chi connectivity index (χ1) is 14.1. The molecule has 0 aromatic heterocycles. The van der Waals surface area contributed by atoms with Crippen LogP contribution in [0.1, 0.15) is 34.3 Å². The Kier molecular flexibility index (Phi) is 6.29. The normalized spacial score (nSPS) is 26.3. The van der Waals surface area contributed by atoms with E-state index in [4.69, 9.17) is 9.47 Å². The third-order valence-electron chi connectivity index (χ3n) is 6.38. The first-order valence-electron chi connectivity index (χ1n) is 10.6. The van der Waals surface area contributed by atoms with E-state index in [9.17, 15) is 14.7 Å². The summed E-state index contributed by atoms with van der Waals surface area (Å²) in [6.07, 6.45) is 2.22. The maximum atomic E-state index is 12.7. The molecule has 29 heavy (non-hydrogen) atoms. The molecule has 2 unspecified atom stereocenters. The van der Waals surface area contributed by atoms with E-state index >= 15 is 0 Å². The van der Waals surface area contributed by atoms with Crippen LogP contribution in [0.2, 0.25) is 0 Å². The second kappa shape index (κ2) is 8.92. The Morgan fingerprint density at radius 3 is 2.72 bits per heavy atom. The standard InChI is InChI=1S/C22H30N2O5/c1-15-17(6-8-23-7-2-3-16(13-23)14-25)4-5-18-19(26)20(27)22(29-21(15)18)24-9-11-28-12-10-24/h4-5,16,22,25H,2-3,6-14H2,1H3. The molecule has 2 fully saturated rings. The monoisotopic (exact) mass is 402 g/mol. The van der Waals surface area contributed by atoms with Gasteiger partial charge in [0.25, 0.3) is 5.78 Å². The van der Waals surface area contributed by atoms with Crippen LogP contribution in [0.25, 0.3) is 0 Å². The van der Waals surface area contributed by atoms with Gasteiger partial charge in [-0.05, 0) is 55.8 Å². The van der Waals surface area contributed by atoms with Gasteiger partial charge in [-0.15, -0.1) is 0 Å². The van der Waals surface area contributed by atoms with Gasteiger partial charge in [0.1, 0.15) is 5.75 Å². The second-order valence-corrected chi connectivity index (χ2v) is 8.28. The van der Waals surface area contributed by atoms with Crippen LogP contribution in [0.5, 0.6) is 5.75 Å². The van der Waals surface area contributed by atoms with Crippen molar-refractivity contribution in [1.29, 1.82) is 0 Å². The molecule has 0 amide bonds. The van der Waals surface area contributed by atoms with E-state index in [2.05, 4.69) is 4.90 Å². The number of likely N-dealkylation sites (tertiary alicyclic amines) is 1. The molecular weight excluding hydrogens is 372 g/mol. The van der Waals surface area contributed by atoms with Crippen LogP contribution in [0.3, 0.4) is 0 Å². The highest BCUT2D eigenvalue weighted by molar-refractivity contribution is 6.46. The van der Waals surface area contributed by atoms with Crippen molar-refractivity contribution in [3.8, 4) is 5.75 Å². The summed E-state index contributed by atoms with van der Waals surface area (Å²) in [6, 6.07) is 3.69. The van der Waals surface area contributed by atoms with Gasteiger partial charge in [0.05, 0.1) is 18.8 Å². The largest absolute Gasteiger partial charge is 0.466 e. The molecule has 0 bridgehead atoms. The van der Waals surface area contributed by atoms with Crippen molar-refractivity contribution >= 4 is 11.6 Å². The van der Waals surface area contributed by atoms with Gasteiger partial charge in [-0.3, -0.25) is 14.5 Å². The quantitative estimate of drug-likeness (QED) is 0.738. The molecule has 1 N–H and O–H groups in total. The molecule has 158 valence electrons. The van der Waals surface area contributed by atoms with Crippen molar-refractivity contribution in [2.75, 3.05) is 52.5 Å². The number of ketones is 2. The predicted molar refractivity (Wildman–Crippen MR) is 107 cm³/mol. The molecule has 0 radical (unpaired) electrons. The van der Waals surface area contributed by atoms with E-state index in [1.807, 2.05) is 17.9 Å². The van der Waals surface area contributed by atoms with E-state index in [0.717, 1.165) is 50.0 Å². The first kappa shape index (κ1) is 20.5. The van der Waals surface area contributed by atoms with Crippen LogP contribution in [0.4, 0.5) is 0 Å². The smallest absolute Gasteiger partial charge is 0.259 e. The third kappa shape index (κ3) is 4.23. The minimum atomic E-state index is -0.847. The molecule has 2 atom stereocenters. The summed E-state index contributed by atoms with van der Waals surface area (Å²) in [7, 11) is 0. The lowest BCUT2D eigenvalue weighted by molar-refractivity contribution is -0.134. The number of aliphatic hydroxyl groups excluding tert-OH is 1. The van der Waals surface area contributed by atoms with Crippen LogP contribution < -0.4 is 4.74 Å². The zero-order chi connectivity index (χ0) is 20.4. The summed E-state index contributed by atoms with van der Waals surface area (Å²) in [4.78, 5) is 29.6. The molecular formula is C22H30N2O5. The summed E-state index contributed by atoms with van der Waals surface area (Å²) in [5, 5.41) is 9.43. The average molecular weight is 402 g/mol. The zero-order valence-electron chi connectivity index (χ0n) is 17.1. The van der Waals surface area contributed by atoms with Crippen molar-refractivity contribution < 1.29 is 24.2 Å². The Hall–Kier alpha value is -1.80. The van der Waals surface area contributed by atoms with E-state index in [-0.39, 0.29) is 6.61 Å². The van der Waals surface area contributed by atoms with Crippen LogP contribution in [-0.2, 0) is 16.0 Å². The van der Waals surface area contributed by atoms with Gasteiger partial charge in [0.2, 0.25) is 12.0 Å². The maximum Gasteiger partial charge on any atom is 0.259 e. The lowest BCUT2D eigenvalue weighted by Gasteiger charge is -2.36. The molecule has 0 spiro atoms. The Bertz CT molecular complexity index is 775. The topological polar surface area (TPSA) is 79.3 Å². The van der Waals surface area contributed by atoms with Gasteiger partial charge in [0.15, 0.2) is 0 Å². The van der Waals surface area contributed by atoms with E-state index < -0.39 is 17.8 Å². The van der Waals surface area contributed by atoms with Crippen LogP contribution in [-0.4, -0.2) is 85.2 Å². The van der Waals surface area contributed by atoms with E-state index in [1.165, 1.54) is 0 Å². The number of nitrogens with zero attached hydrogens (tertiary/aromatic N) is 2. The summed E-state index contributed by atoms with van der Waals surface area (Å²) >= 11 is 0. The minimum Gasteiger partial charge on any atom is -0.466 e. The zero-order valence-corrected chi connectivity index (χ0v) is 17.1. The van der Waals surface area contributed by atoms with Gasteiger partial charge in [0, 0.05) is 32.8 Å². The summed E-state index contributed by atoms with van der Waals surface area (Å²) < 4.78 is 11.5. The molecule has 3 heterocycles. The van der Waals surface area contributed by atoms with Crippen molar-refractivity contribution in [2.45, 2.75) is 32.4 Å². The van der Waals surface area contributed by atoms with Gasteiger partial charge in [-0.1, -0.05) is 6.07 Å². The third-order valence-corrected chi connectivity index (χ3v) is 6.38. The number of Topliss-reactive ketones (excluding diaryl/α,β-unsaturated/α-hetero) is 2. The summed E-state index contributed by atoms with van der Waals surface area (Å²) in [5.74, 6) is -0.0285. The molecule has 0 aliphatic carbocycles. The number of benzene rings is 1. The summed E-state index contributed by atoms with van der Waals surface area (Å²) in [6.45, 7) is 7.37. The fourth-order valence-corrected chi connectivity index (χ4v) is 4.58. The number of fused-ring (bicyclic) bond motifs is 1. The van der Waals surface area contributed by atoms with Crippen LogP contribution in [0, 0.1) is 12.8 Å². The maximum absolute atomic E-state index is 12.7. The van der Waals surface area contributed by atoms with E-state index in [0.29, 0.717) is 43.5 Å². The molecule has 1 aromatic rings. The number of piperidine rings is 1.